The lowest BCUT2D eigenvalue weighted by atomic mass is 10.3. The lowest BCUT2D eigenvalue weighted by molar-refractivity contribution is -0.136. The second-order valence-corrected chi connectivity index (χ2v) is 5.70. The molecule has 94 valence electrons. The zero-order valence-corrected chi connectivity index (χ0v) is 10.4. The largest absolute Gasteiger partial charge is 0.494 e. The van der Waals surface area contributed by atoms with Gasteiger partial charge in [-0.25, -0.2) is 8.42 Å². The van der Waals surface area contributed by atoms with E-state index >= 15 is 0 Å². The van der Waals surface area contributed by atoms with Crippen LogP contribution in [0.1, 0.15) is 13.8 Å². The van der Waals surface area contributed by atoms with Crippen molar-refractivity contribution in [1.82, 2.24) is 0 Å². The molecule has 0 aliphatic heterocycles. The summed E-state index contributed by atoms with van der Waals surface area (Å²) in [6.45, 7) is 3.45. The molecule has 1 aromatic carbocycles. The molecule has 1 aromatic rings. The van der Waals surface area contributed by atoms with Crippen LogP contribution in [0.4, 0.5) is 0 Å². The molecule has 1 unspecified atom stereocenters. The summed E-state index contributed by atoms with van der Waals surface area (Å²) in [7, 11) is -3.83. The number of sulfone groups is 1. The fourth-order valence-electron chi connectivity index (χ4n) is 1.23. The number of carboxylic acid groups (broad SMARTS) is 1. The average Bonchev–Trinajstić information content (AvgIpc) is 2.29. The molecule has 1 N–H and O–H groups in total. The molecule has 17 heavy (non-hydrogen) atoms. The Morgan fingerprint density at radius 1 is 1.35 bits per heavy atom. The van der Waals surface area contributed by atoms with Gasteiger partial charge in [0.05, 0.1) is 11.5 Å². The summed E-state index contributed by atoms with van der Waals surface area (Å²) in [6, 6.07) is 5.70. The molecule has 5 nitrogen and oxygen atoms in total. The minimum absolute atomic E-state index is 0.0177. The van der Waals surface area contributed by atoms with Gasteiger partial charge >= 0.3 is 5.97 Å². The van der Waals surface area contributed by atoms with Gasteiger partial charge in [0.1, 0.15) is 5.75 Å². The van der Waals surface area contributed by atoms with E-state index in [9.17, 15) is 13.2 Å². The molecule has 0 heterocycles. The first-order valence-corrected chi connectivity index (χ1v) is 6.63. The van der Waals surface area contributed by atoms with Crippen molar-refractivity contribution in [3.05, 3.63) is 24.3 Å². The van der Waals surface area contributed by atoms with Crippen molar-refractivity contribution in [2.24, 2.45) is 0 Å². The minimum Gasteiger partial charge on any atom is -0.494 e. The molecule has 0 aliphatic rings. The van der Waals surface area contributed by atoms with E-state index in [1.54, 1.807) is 0 Å². The van der Waals surface area contributed by atoms with Crippen LogP contribution in [-0.4, -0.2) is 31.4 Å². The lowest BCUT2D eigenvalue weighted by Gasteiger charge is -2.09. The number of benzene rings is 1. The molecule has 0 amide bonds. The van der Waals surface area contributed by atoms with Gasteiger partial charge in [-0.15, -0.1) is 0 Å². The number of carboxylic acids is 1. The van der Waals surface area contributed by atoms with Crippen molar-refractivity contribution >= 4 is 15.8 Å². The van der Waals surface area contributed by atoms with Crippen molar-refractivity contribution in [3.63, 3.8) is 0 Å². The normalized spacial score (nSPS) is 13.1. The predicted octanol–water partition coefficient (Wildman–Crippen LogP) is 1.33. The van der Waals surface area contributed by atoms with E-state index in [1.165, 1.54) is 24.3 Å². The Balaban J connectivity index is 3.04. The smallest absolute Gasteiger partial charge is 0.321 e. The monoisotopic (exact) mass is 258 g/mol. The molecule has 0 saturated carbocycles. The molecule has 0 spiro atoms. The number of ether oxygens (including phenoxy) is 1. The fraction of sp³-hybridized carbons (Fsp3) is 0.364. The Morgan fingerprint density at radius 2 is 1.88 bits per heavy atom. The van der Waals surface area contributed by atoms with Gasteiger partial charge in [-0.2, -0.15) is 0 Å². The third-order valence-corrected chi connectivity index (χ3v) is 4.34. The van der Waals surface area contributed by atoms with Crippen molar-refractivity contribution in [2.75, 3.05) is 6.61 Å². The molecule has 0 saturated heterocycles. The summed E-state index contributed by atoms with van der Waals surface area (Å²) in [5.74, 6) is -0.812. The fourth-order valence-corrected chi connectivity index (χ4v) is 2.42. The van der Waals surface area contributed by atoms with Crippen molar-refractivity contribution < 1.29 is 23.1 Å². The SMILES string of the molecule is CCOc1ccc(S(=O)(=O)C(C)C(=O)O)cc1. The minimum atomic E-state index is -3.83. The first-order valence-electron chi connectivity index (χ1n) is 5.09. The van der Waals surface area contributed by atoms with Gasteiger partial charge in [0.2, 0.25) is 0 Å². The molecule has 0 aliphatic carbocycles. The third kappa shape index (κ3) is 2.97. The van der Waals surface area contributed by atoms with E-state index in [4.69, 9.17) is 9.84 Å². The summed E-state index contributed by atoms with van der Waals surface area (Å²) in [5.41, 5.74) is 0. The molecular formula is C11H14O5S. The average molecular weight is 258 g/mol. The molecule has 0 radical (unpaired) electrons. The second kappa shape index (κ2) is 5.18. The molecular weight excluding hydrogens is 244 g/mol. The van der Waals surface area contributed by atoms with Crippen LogP contribution in [0.25, 0.3) is 0 Å². The number of hydrogen-bond donors (Lipinski definition) is 1. The maximum Gasteiger partial charge on any atom is 0.321 e. The zero-order chi connectivity index (χ0) is 13.1. The molecule has 0 aromatic heterocycles. The van der Waals surface area contributed by atoms with E-state index in [1.807, 2.05) is 6.92 Å². The van der Waals surface area contributed by atoms with Gasteiger partial charge < -0.3 is 9.84 Å². The van der Waals surface area contributed by atoms with E-state index < -0.39 is 21.1 Å². The highest BCUT2D eigenvalue weighted by atomic mass is 32.2. The summed E-state index contributed by atoms with van der Waals surface area (Å²) >= 11 is 0. The van der Waals surface area contributed by atoms with Crippen molar-refractivity contribution in [1.29, 1.82) is 0 Å². The summed E-state index contributed by atoms with van der Waals surface area (Å²) in [5, 5.41) is 7.26. The summed E-state index contributed by atoms with van der Waals surface area (Å²) < 4.78 is 28.8. The highest BCUT2D eigenvalue weighted by Crippen LogP contribution is 2.20. The van der Waals surface area contributed by atoms with Crippen LogP contribution in [0.2, 0.25) is 0 Å². The van der Waals surface area contributed by atoms with Gasteiger partial charge in [-0.3, -0.25) is 4.79 Å². The Hall–Kier alpha value is -1.56. The first kappa shape index (κ1) is 13.5. The highest BCUT2D eigenvalue weighted by molar-refractivity contribution is 7.92. The predicted molar refractivity (Wildman–Crippen MR) is 61.9 cm³/mol. The van der Waals surface area contributed by atoms with Crippen LogP contribution in [0.3, 0.4) is 0 Å². The van der Waals surface area contributed by atoms with Crippen molar-refractivity contribution in [3.8, 4) is 5.75 Å². The van der Waals surface area contributed by atoms with E-state index in [-0.39, 0.29) is 4.90 Å². The van der Waals surface area contributed by atoms with Crippen LogP contribution < -0.4 is 4.74 Å². The molecule has 6 heteroatoms. The van der Waals surface area contributed by atoms with Crippen LogP contribution in [0.5, 0.6) is 5.75 Å². The van der Waals surface area contributed by atoms with Crippen LogP contribution >= 0.6 is 0 Å². The van der Waals surface area contributed by atoms with Gasteiger partial charge in [0.25, 0.3) is 0 Å². The van der Waals surface area contributed by atoms with E-state index in [0.717, 1.165) is 6.92 Å². The maximum atomic E-state index is 11.8. The van der Waals surface area contributed by atoms with E-state index in [2.05, 4.69) is 0 Å². The first-order chi connectivity index (χ1) is 7.89. The molecule has 0 fully saturated rings. The number of hydrogen-bond acceptors (Lipinski definition) is 4. The Kier molecular flexibility index (Phi) is 4.11. The standard InChI is InChI=1S/C11H14O5S/c1-3-16-9-4-6-10(7-5-9)17(14,15)8(2)11(12)13/h4-8H,3H2,1-2H3,(H,12,13). The number of carbonyl (C=O) groups is 1. The van der Waals surface area contributed by atoms with Gasteiger partial charge in [-0.1, -0.05) is 0 Å². The molecule has 0 bridgehead atoms. The van der Waals surface area contributed by atoms with E-state index in [0.29, 0.717) is 12.4 Å². The third-order valence-electron chi connectivity index (χ3n) is 2.28. The number of rotatable bonds is 5. The quantitative estimate of drug-likeness (QED) is 0.861. The second-order valence-electron chi connectivity index (χ2n) is 3.43. The summed E-state index contributed by atoms with van der Waals surface area (Å²) in [6.07, 6.45) is 0. The van der Waals surface area contributed by atoms with Crippen molar-refractivity contribution in [2.45, 2.75) is 24.0 Å². The Labute approximate surface area is 100.0 Å². The molecule has 1 atom stereocenters. The maximum absolute atomic E-state index is 11.8. The lowest BCUT2D eigenvalue weighted by Crippen LogP contribution is -2.26. The number of aliphatic carboxylic acids is 1. The molecule has 1 rings (SSSR count). The van der Waals surface area contributed by atoms with Gasteiger partial charge in [-0.05, 0) is 38.1 Å². The summed E-state index contributed by atoms with van der Waals surface area (Å²) in [4.78, 5) is 10.7. The highest BCUT2D eigenvalue weighted by Gasteiger charge is 2.29. The van der Waals surface area contributed by atoms with Crippen LogP contribution in [-0.2, 0) is 14.6 Å². The Bertz CT molecular complexity index is 489. The van der Waals surface area contributed by atoms with Gasteiger partial charge in [0, 0.05) is 0 Å². The zero-order valence-electron chi connectivity index (χ0n) is 9.58. The Morgan fingerprint density at radius 3 is 2.29 bits per heavy atom. The van der Waals surface area contributed by atoms with Gasteiger partial charge in [0.15, 0.2) is 15.1 Å². The van der Waals surface area contributed by atoms with Crippen LogP contribution in [0.15, 0.2) is 29.2 Å². The topological polar surface area (TPSA) is 80.7 Å². The van der Waals surface area contributed by atoms with Crippen LogP contribution in [0, 0.1) is 0 Å².